The molecular weight excluding hydrogens is 304 g/mol. The van der Waals surface area contributed by atoms with Crippen molar-refractivity contribution in [2.24, 2.45) is 5.92 Å². The summed E-state index contributed by atoms with van der Waals surface area (Å²) in [6.07, 6.45) is 2.76. The van der Waals surface area contributed by atoms with E-state index in [9.17, 15) is 0 Å². The molecule has 1 N–H and O–H groups in total. The van der Waals surface area contributed by atoms with E-state index in [0.29, 0.717) is 0 Å². The van der Waals surface area contributed by atoms with E-state index in [1.54, 1.807) is 7.11 Å². The van der Waals surface area contributed by atoms with Gasteiger partial charge in [-0.15, -0.1) is 0 Å². The molecule has 1 aromatic carbocycles. The molecule has 1 heterocycles. The number of piperazine rings is 1. The maximum absolute atomic E-state index is 5.30. The molecule has 0 bridgehead atoms. The molecule has 0 spiro atoms. The Balaban J connectivity index is 1.79. The van der Waals surface area contributed by atoms with E-state index >= 15 is 0 Å². The summed E-state index contributed by atoms with van der Waals surface area (Å²) >= 11 is 3.58. The molecule has 1 saturated heterocycles. The lowest BCUT2D eigenvalue weighted by Crippen LogP contribution is -2.60. The summed E-state index contributed by atoms with van der Waals surface area (Å²) in [5.41, 5.74) is 1.56. The standard InChI is InChI=1S/C15H21BrN2O/c1-15(11-3-4-11)10-18(8-7-17-15)12-5-6-14(19-2)13(16)9-12/h5-6,9,11,17H,3-4,7-8,10H2,1-2H3. The average Bonchev–Trinajstić information content (AvgIpc) is 3.23. The van der Waals surface area contributed by atoms with Crippen LogP contribution >= 0.6 is 15.9 Å². The normalized spacial score (nSPS) is 27.4. The number of anilines is 1. The Kier molecular flexibility index (Phi) is 3.48. The topological polar surface area (TPSA) is 24.5 Å². The van der Waals surface area contributed by atoms with E-state index in [2.05, 4.69) is 45.2 Å². The van der Waals surface area contributed by atoms with Crippen molar-refractivity contribution in [3.63, 3.8) is 0 Å². The largest absolute Gasteiger partial charge is 0.496 e. The Labute approximate surface area is 123 Å². The molecule has 1 aliphatic carbocycles. The molecule has 0 amide bonds. The molecule has 1 atom stereocenters. The second-order valence-corrected chi connectivity index (χ2v) is 6.71. The quantitative estimate of drug-likeness (QED) is 0.924. The summed E-state index contributed by atoms with van der Waals surface area (Å²) in [4.78, 5) is 2.49. The third-order valence-electron chi connectivity index (χ3n) is 4.41. The zero-order valence-electron chi connectivity index (χ0n) is 11.6. The maximum atomic E-state index is 5.30. The van der Waals surface area contributed by atoms with E-state index in [0.717, 1.165) is 35.8 Å². The van der Waals surface area contributed by atoms with Gasteiger partial charge in [-0.25, -0.2) is 0 Å². The Morgan fingerprint density at radius 2 is 2.21 bits per heavy atom. The van der Waals surface area contributed by atoms with E-state index in [4.69, 9.17) is 4.74 Å². The average molecular weight is 325 g/mol. The van der Waals surface area contributed by atoms with Gasteiger partial charge in [-0.05, 0) is 59.8 Å². The summed E-state index contributed by atoms with van der Waals surface area (Å²) < 4.78 is 6.33. The first-order chi connectivity index (χ1) is 9.12. The Hall–Kier alpha value is -0.740. The second-order valence-electron chi connectivity index (χ2n) is 5.86. The van der Waals surface area contributed by atoms with Crippen LogP contribution in [0.25, 0.3) is 0 Å². The lowest BCUT2D eigenvalue weighted by Gasteiger charge is -2.43. The van der Waals surface area contributed by atoms with Crippen LogP contribution in [-0.2, 0) is 0 Å². The van der Waals surface area contributed by atoms with Crippen molar-refractivity contribution in [2.45, 2.75) is 25.3 Å². The van der Waals surface area contributed by atoms with Crippen LogP contribution in [0.3, 0.4) is 0 Å². The number of methoxy groups -OCH3 is 1. The van der Waals surface area contributed by atoms with Gasteiger partial charge < -0.3 is 15.0 Å². The molecular formula is C15H21BrN2O. The summed E-state index contributed by atoms with van der Waals surface area (Å²) in [6, 6.07) is 6.36. The van der Waals surface area contributed by atoms with Crippen molar-refractivity contribution in [1.29, 1.82) is 0 Å². The zero-order chi connectivity index (χ0) is 13.5. The van der Waals surface area contributed by atoms with Gasteiger partial charge in [0.15, 0.2) is 0 Å². The number of hydrogen-bond donors (Lipinski definition) is 1. The third kappa shape index (κ3) is 2.61. The minimum Gasteiger partial charge on any atom is -0.496 e. The molecule has 0 radical (unpaired) electrons. The first kappa shape index (κ1) is 13.3. The summed E-state index contributed by atoms with van der Waals surface area (Å²) in [5, 5.41) is 3.72. The Morgan fingerprint density at radius 1 is 1.42 bits per heavy atom. The third-order valence-corrected chi connectivity index (χ3v) is 5.03. The lowest BCUT2D eigenvalue weighted by atomic mass is 9.92. The van der Waals surface area contributed by atoms with E-state index in [-0.39, 0.29) is 5.54 Å². The highest BCUT2D eigenvalue weighted by Crippen LogP contribution is 2.41. The first-order valence-electron chi connectivity index (χ1n) is 6.96. The monoisotopic (exact) mass is 324 g/mol. The number of hydrogen-bond acceptors (Lipinski definition) is 3. The molecule has 1 saturated carbocycles. The van der Waals surface area contributed by atoms with Gasteiger partial charge in [0.1, 0.15) is 5.75 Å². The Morgan fingerprint density at radius 3 is 2.84 bits per heavy atom. The molecule has 4 heteroatoms. The van der Waals surface area contributed by atoms with Gasteiger partial charge in [0.2, 0.25) is 0 Å². The van der Waals surface area contributed by atoms with Crippen LogP contribution in [0, 0.1) is 5.92 Å². The highest BCUT2D eigenvalue weighted by Gasteiger charge is 2.43. The van der Waals surface area contributed by atoms with Gasteiger partial charge >= 0.3 is 0 Å². The number of nitrogens with zero attached hydrogens (tertiary/aromatic N) is 1. The van der Waals surface area contributed by atoms with Gasteiger partial charge in [-0.3, -0.25) is 0 Å². The highest BCUT2D eigenvalue weighted by molar-refractivity contribution is 9.10. The minimum atomic E-state index is 0.282. The van der Waals surface area contributed by atoms with Gasteiger partial charge in [-0.1, -0.05) is 0 Å². The molecule has 2 aliphatic rings. The fourth-order valence-corrected chi connectivity index (χ4v) is 3.60. The highest BCUT2D eigenvalue weighted by atomic mass is 79.9. The van der Waals surface area contributed by atoms with Crippen molar-refractivity contribution in [1.82, 2.24) is 5.32 Å². The van der Waals surface area contributed by atoms with Gasteiger partial charge in [0.05, 0.1) is 11.6 Å². The number of halogens is 1. The number of ether oxygens (including phenoxy) is 1. The van der Waals surface area contributed by atoms with Crippen LogP contribution in [0.5, 0.6) is 5.75 Å². The Bertz CT molecular complexity index is 475. The summed E-state index contributed by atoms with van der Waals surface area (Å²) in [6.45, 7) is 5.60. The van der Waals surface area contributed by atoms with E-state index in [1.807, 2.05) is 6.07 Å². The van der Waals surface area contributed by atoms with Crippen LogP contribution in [0.1, 0.15) is 19.8 Å². The predicted octanol–water partition coefficient (Wildman–Crippen LogP) is 3.04. The van der Waals surface area contributed by atoms with E-state index < -0.39 is 0 Å². The number of rotatable bonds is 3. The van der Waals surface area contributed by atoms with Crippen LogP contribution in [-0.4, -0.2) is 32.3 Å². The van der Waals surface area contributed by atoms with Gasteiger partial charge in [0.25, 0.3) is 0 Å². The van der Waals surface area contributed by atoms with Crippen LogP contribution in [0.2, 0.25) is 0 Å². The van der Waals surface area contributed by atoms with Crippen molar-refractivity contribution in [2.75, 3.05) is 31.6 Å². The molecule has 104 valence electrons. The maximum Gasteiger partial charge on any atom is 0.133 e. The van der Waals surface area contributed by atoms with Gasteiger partial charge in [0, 0.05) is 30.9 Å². The summed E-state index contributed by atoms with van der Waals surface area (Å²) in [5.74, 6) is 1.75. The SMILES string of the molecule is COc1ccc(N2CCNC(C)(C3CC3)C2)cc1Br. The molecule has 2 fully saturated rings. The van der Waals surface area contributed by atoms with Crippen molar-refractivity contribution < 1.29 is 4.74 Å². The molecule has 1 aliphatic heterocycles. The van der Waals surface area contributed by atoms with E-state index in [1.165, 1.54) is 18.5 Å². The van der Waals surface area contributed by atoms with Crippen molar-refractivity contribution in [3.8, 4) is 5.75 Å². The molecule has 0 aromatic heterocycles. The second kappa shape index (κ2) is 4.98. The molecule has 19 heavy (non-hydrogen) atoms. The molecule has 1 unspecified atom stereocenters. The number of nitrogens with one attached hydrogen (secondary N) is 1. The van der Waals surface area contributed by atoms with Crippen LogP contribution in [0.15, 0.2) is 22.7 Å². The molecule has 3 nitrogen and oxygen atoms in total. The predicted molar refractivity (Wildman–Crippen MR) is 82.0 cm³/mol. The zero-order valence-corrected chi connectivity index (χ0v) is 13.2. The fourth-order valence-electron chi connectivity index (χ4n) is 3.07. The number of benzene rings is 1. The molecule has 3 rings (SSSR count). The molecule has 1 aromatic rings. The fraction of sp³-hybridized carbons (Fsp3) is 0.600. The first-order valence-corrected chi connectivity index (χ1v) is 7.75. The summed E-state index contributed by atoms with van der Waals surface area (Å²) in [7, 11) is 1.70. The van der Waals surface area contributed by atoms with Crippen molar-refractivity contribution >= 4 is 21.6 Å². The van der Waals surface area contributed by atoms with Crippen LogP contribution in [0.4, 0.5) is 5.69 Å². The lowest BCUT2D eigenvalue weighted by molar-refractivity contribution is 0.285. The minimum absolute atomic E-state index is 0.282. The van der Waals surface area contributed by atoms with Gasteiger partial charge in [-0.2, -0.15) is 0 Å². The van der Waals surface area contributed by atoms with Crippen LogP contribution < -0.4 is 15.0 Å². The smallest absolute Gasteiger partial charge is 0.133 e. The van der Waals surface area contributed by atoms with Crippen molar-refractivity contribution in [3.05, 3.63) is 22.7 Å².